The fourth-order valence-electron chi connectivity index (χ4n) is 4.88. The van der Waals surface area contributed by atoms with Gasteiger partial charge in [-0.2, -0.15) is 0 Å². The number of aliphatic carboxylic acids is 1. The smallest absolute Gasteiger partial charge is 0.404 e. The third kappa shape index (κ3) is 12.2. The number of aliphatic hydroxyl groups excluding tert-OH is 3. The second-order valence-electron chi connectivity index (χ2n) is 11.0. The number of nitrogens with two attached hydrogens (primary N) is 5. The summed E-state index contributed by atoms with van der Waals surface area (Å²) in [5.41, 5.74) is 27.9. The first kappa shape index (κ1) is 37.8. The lowest BCUT2D eigenvalue weighted by Gasteiger charge is -2.43. The number of aliphatic hydroxyl groups is 3. The molecule has 2 aliphatic heterocycles. The van der Waals surface area contributed by atoms with Crippen LogP contribution < -0.4 is 49.9 Å². The van der Waals surface area contributed by atoms with Crippen LogP contribution in [-0.4, -0.2) is 137 Å². The van der Waals surface area contributed by atoms with E-state index < -0.39 is 79.4 Å². The number of guanidine groups is 1. The molecule has 0 spiro atoms. The molecule has 2 rings (SSSR count). The van der Waals surface area contributed by atoms with Gasteiger partial charge in [-0.3, -0.25) is 9.59 Å². The molecule has 0 aromatic heterocycles. The van der Waals surface area contributed by atoms with E-state index in [2.05, 4.69) is 26.3 Å². The van der Waals surface area contributed by atoms with Crippen molar-refractivity contribution in [2.24, 2.45) is 33.7 Å². The molecule has 0 aromatic carbocycles. The molecule has 2 unspecified atom stereocenters. The van der Waals surface area contributed by atoms with Crippen molar-refractivity contribution in [3.63, 3.8) is 0 Å². The fourth-order valence-corrected chi connectivity index (χ4v) is 4.88. The maximum Gasteiger partial charge on any atom is 0.404 e. The Morgan fingerprint density at radius 2 is 1.67 bits per heavy atom. The lowest BCUT2D eigenvalue weighted by molar-refractivity contribution is -0.198. The number of nitrogens with zero attached hydrogens (tertiary/aromatic N) is 1. The van der Waals surface area contributed by atoms with E-state index in [-0.39, 0.29) is 37.3 Å². The lowest BCUT2D eigenvalue weighted by atomic mass is 9.95. The minimum absolute atomic E-state index is 0.165. The molecule has 20 nitrogen and oxygen atoms in total. The van der Waals surface area contributed by atoms with Gasteiger partial charge in [-0.25, -0.2) is 14.6 Å². The summed E-state index contributed by atoms with van der Waals surface area (Å²) >= 11 is 0. The molecule has 18 N–H and O–H groups in total. The Kier molecular flexibility index (Phi) is 15.6. The standard InChI is InChI=1S/C25H48N10O10/c26-5-1-3-11(28)7-15(37)31-6-2-4-12(29)8-16(38)32-19-21(40)20(39)14(10-44-24(30)43)45-22(19)35-25-33-17(13(36)9-27)18(34-25)23(41)42/h11-14,17-22,36,39-40H,1-10,26-29H2,(H2,30,43)(H,31,37)(H,32,38)(H,41,42)(H2,33,34,35)/t11?,12?,13-,14-,17-,18+,19-,20+,21+,22-/m1/s1. The van der Waals surface area contributed by atoms with Gasteiger partial charge in [-0.15, -0.1) is 0 Å². The average Bonchev–Trinajstić information content (AvgIpc) is 3.41. The van der Waals surface area contributed by atoms with Gasteiger partial charge >= 0.3 is 12.1 Å². The lowest BCUT2D eigenvalue weighted by Crippen LogP contribution is -2.69. The fraction of sp³-hybridized carbons (Fsp3) is 0.800. The maximum absolute atomic E-state index is 12.9. The molecule has 1 fully saturated rings. The minimum Gasteiger partial charge on any atom is -0.480 e. The number of carboxylic acids is 1. The Morgan fingerprint density at radius 3 is 2.27 bits per heavy atom. The Morgan fingerprint density at radius 1 is 1.02 bits per heavy atom. The molecule has 0 saturated carbocycles. The zero-order valence-corrected chi connectivity index (χ0v) is 24.9. The first-order valence-electron chi connectivity index (χ1n) is 14.7. The number of nitrogens with one attached hydrogen (secondary N) is 4. The van der Waals surface area contributed by atoms with Crippen molar-refractivity contribution in [1.82, 2.24) is 21.3 Å². The molecule has 0 bridgehead atoms. The molecule has 1 saturated heterocycles. The number of hydrogen-bond donors (Lipinski definition) is 13. The SMILES string of the molecule is NCCCC(N)CC(=O)NCCCC(N)CC(=O)N[C@@H]1[C@H](O)[C@@H](O)[C@@H](COC(N)=O)O[C@H]1NC1=N[C@H]([C@H](O)CN)[C@@H](C(=O)O)N1. The summed E-state index contributed by atoms with van der Waals surface area (Å²) in [4.78, 5) is 51.9. The van der Waals surface area contributed by atoms with Crippen LogP contribution >= 0.6 is 0 Å². The third-order valence-corrected chi connectivity index (χ3v) is 7.30. The Labute approximate surface area is 259 Å². The summed E-state index contributed by atoms with van der Waals surface area (Å²) in [6.07, 6.45) is -6.26. The molecule has 0 radical (unpaired) electrons. The minimum atomic E-state index is -1.67. The zero-order chi connectivity index (χ0) is 33.7. The first-order valence-corrected chi connectivity index (χ1v) is 14.7. The van der Waals surface area contributed by atoms with E-state index in [0.29, 0.717) is 32.4 Å². The van der Waals surface area contributed by atoms with Crippen LogP contribution in [0.25, 0.3) is 0 Å². The largest absolute Gasteiger partial charge is 0.480 e. The number of ether oxygens (including phenoxy) is 2. The van der Waals surface area contributed by atoms with Crippen LogP contribution in [0.15, 0.2) is 4.99 Å². The van der Waals surface area contributed by atoms with E-state index >= 15 is 0 Å². The normalized spacial score (nSPS) is 28.2. The summed E-state index contributed by atoms with van der Waals surface area (Å²) in [5.74, 6) is -2.31. The van der Waals surface area contributed by atoms with Gasteiger partial charge in [0.05, 0.1) is 6.10 Å². The Balaban J connectivity index is 2.01. The number of carboxylic acid groups (broad SMARTS) is 1. The van der Waals surface area contributed by atoms with Gasteiger partial charge in [0.15, 0.2) is 18.2 Å². The molecule has 0 aliphatic carbocycles. The number of aliphatic imine (C=N–C) groups is 1. The number of carbonyl (C=O) groups is 4. The van der Waals surface area contributed by atoms with Crippen molar-refractivity contribution < 1.29 is 49.1 Å². The quantitative estimate of drug-likeness (QED) is 0.0614. The van der Waals surface area contributed by atoms with E-state index in [1.54, 1.807) is 0 Å². The van der Waals surface area contributed by atoms with Crippen molar-refractivity contribution in [1.29, 1.82) is 0 Å². The van der Waals surface area contributed by atoms with Gasteiger partial charge in [-0.1, -0.05) is 0 Å². The van der Waals surface area contributed by atoms with E-state index in [9.17, 15) is 39.6 Å². The molecule has 10 atom stereocenters. The highest BCUT2D eigenvalue weighted by Crippen LogP contribution is 2.22. The van der Waals surface area contributed by atoms with E-state index in [4.69, 9.17) is 38.1 Å². The van der Waals surface area contributed by atoms with Crippen molar-refractivity contribution in [3.8, 4) is 0 Å². The predicted molar refractivity (Wildman–Crippen MR) is 158 cm³/mol. The van der Waals surface area contributed by atoms with Crippen LogP contribution in [0.1, 0.15) is 38.5 Å². The summed E-state index contributed by atoms with van der Waals surface area (Å²) in [5, 5.41) is 51.8. The summed E-state index contributed by atoms with van der Waals surface area (Å²) in [6.45, 7) is -0.0110. The molecule has 45 heavy (non-hydrogen) atoms. The molecule has 2 heterocycles. The highest BCUT2D eigenvalue weighted by atomic mass is 16.6. The van der Waals surface area contributed by atoms with Gasteiger partial charge in [0, 0.05) is 38.0 Å². The van der Waals surface area contributed by atoms with Crippen molar-refractivity contribution in [2.45, 2.75) is 99.4 Å². The maximum atomic E-state index is 12.9. The van der Waals surface area contributed by atoms with Crippen LogP contribution in [0.5, 0.6) is 0 Å². The third-order valence-electron chi connectivity index (χ3n) is 7.30. The number of rotatable bonds is 18. The van der Waals surface area contributed by atoms with Crippen LogP contribution in [0.4, 0.5) is 4.79 Å². The van der Waals surface area contributed by atoms with Gasteiger partial charge in [0.1, 0.15) is 37.0 Å². The molecule has 20 heteroatoms. The Bertz CT molecular complexity index is 1020. The van der Waals surface area contributed by atoms with Gasteiger partial charge in [0.25, 0.3) is 0 Å². The molecular formula is C25H48N10O10. The van der Waals surface area contributed by atoms with Gasteiger partial charge < -0.3 is 79.8 Å². The van der Waals surface area contributed by atoms with Crippen molar-refractivity contribution in [3.05, 3.63) is 0 Å². The van der Waals surface area contributed by atoms with Crippen LogP contribution in [0, 0.1) is 0 Å². The highest BCUT2D eigenvalue weighted by Gasteiger charge is 2.47. The number of hydrogen-bond acceptors (Lipinski definition) is 16. The summed E-state index contributed by atoms with van der Waals surface area (Å²) < 4.78 is 10.5. The Hall–Kier alpha value is -3.37. The van der Waals surface area contributed by atoms with Crippen LogP contribution in [-0.2, 0) is 23.9 Å². The number of carbonyl (C=O) groups excluding carboxylic acids is 3. The molecule has 0 aromatic rings. The molecule has 258 valence electrons. The van der Waals surface area contributed by atoms with Crippen molar-refractivity contribution in [2.75, 3.05) is 26.2 Å². The van der Waals surface area contributed by atoms with Crippen LogP contribution in [0.3, 0.4) is 0 Å². The summed E-state index contributed by atoms with van der Waals surface area (Å²) in [7, 11) is 0. The average molecular weight is 649 g/mol. The predicted octanol–water partition coefficient (Wildman–Crippen LogP) is -6.23. The van der Waals surface area contributed by atoms with E-state index in [0.717, 1.165) is 6.42 Å². The number of primary amides is 1. The van der Waals surface area contributed by atoms with E-state index in [1.807, 2.05) is 0 Å². The topological polar surface area (TPSA) is 358 Å². The highest BCUT2D eigenvalue weighted by molar-refractivity contribution is 5.90. The zero-order valence-electron chi connectivity index (χ0n) is 24.9. The second kappa shape index (κ2) is 18.6. The van der Waals surface area contributed by atoms with Crippen molar-refractivity contribution >= 4 is 29.8 Å². The van der Waals surface area contributed by atoms with Gasteiger partial charge in [-0.05, 0) is 32.2 Å². The van der Waals surface area contributed by atoms with Crippen LogP contribution in [0.2, 0.25) is 0 Å². The summed E-state index contributed by atoms with van der Waals surface area (Å²) in [6, 6.07) is -4.78. The monoisotopic (exact) mass is 648 g/mol. The van der Waals surface area contributed by atoms with Gasteiger partial charge in [0.2, 0.25) is 11.8 Å². The first-order chi connectivity index (χ1) is 21.3. The van der Waals surface area contributed by atoms with E-state index in [1.165, 1.54) is 0 Å². The molecule has 2 aliphatic rings. The molecular weight excluding hydrogens is 600 g/mol. The number of amides is 3. The second-order valence-corrected chi connectivity index (χ2v) is 11.0. The molecule has 3 amide bonds.